The first-order chi connectivity index (χ1) is 5.89. The van der Waals surface area contributed by atoms with Crippen LogP contribution in [0.3, 0.4) is 0 Å². The smallest absolute Gasteiger partial charge is 0.133 e. The Balaban J connectivity index is 0.000000120. The van der Waals surface area contributed by atoms with Crippen molar-refractivity contribution >= 4 is 28.3 Å². The molecular formula is C9H11NS2. The van der Waals surface area contributed by atoms with E-state index in [0.29, 0.717) is 0 Å². The van der Waals surface area contributed by atoms with Gasteiger partial charge >= 0.3 is 0 Å². The largest absolute Gasteiger partial charge is 0.370 e. The Morgan fingerprint density at radius 3 is 1.75 bits per heavy atom. The van der Waals surface area contributed by atoms with Gasteiger partial charge in [0.25, 0.3) is 0 Å². The molecule has 64 valence electrons. The maximum absolute atomic E-state index is 4.77. The van der Waals surface area contributed by atoms with E-state index in [-0.39, 0.29) is 0 Å². The van der Waals surface area contributed by atoms with E-state index in [1.54, 1.807) is 11.8 Å². The van der Waals surface area contributed by atoms with Gasteiger partial charge in [0.15, 0.2) is 0 Å². The topological polar surface area (TPSA) is 12.0 Å². The standard InChI is InChI=1S/C6H6.C3H5NS2/c1-2-4-6-5-3-1;5-3-4-1-2-6-3/h1-6H;1-2H2,(H,4,5). The molecule has 0 radical (unpaired) electrons. The van der Waals surface area contributed by atoms with Crippen molar-refractivity contribution in [2.75, 3.05) is 12.3 Å². The summed E-state index contributed by atoms with van der Waals surface area (Å²) >= 11 is 6.49. The molecule has 0 saturated carbocycles. The van der Waals surface area contributed by atoms with Gasteiger partial charge in [0.05, 0.1) is 0 Å². The molecule has 0 aliphatic carbocycles. The van der Waals surface area contributed by atoms with Gasteiger partial charge in [0, 0.05) is 12.3 Å². The highest BCUT2D eigenvalue weighted by Crippen LogP contribution is 2.05. The molecule has 0 amide bonds. The number of thioether (sulfide) groups is 1. The van der Waals surface area contributed by atoms with E-state index in [1.165, 1.54) is 0 Å². The lowest BCUT2D eigenvalue weighted by Crippen LogP contribution is -2.09. The van der Waals surface area contributed by atoms with Gasteiger partial charge in [-0.1, -0.05) is 60.4 Å². The Labute approximate surface area is 82.6 Å². The third kappa shape index (κ3) is 4.36. The SMILES string of the molecule is S=C1NCCS1.c1ccccc1. The van der Waals surface area contributed by atoms with Gasteiger partial charge in [-0.2, -0.15) is 0 Å². The average Bonchev–Trinajstić information content (AvgIpc) is 2.60. The van der Waals surface area contributed by atoms with Crippen molar-refractivity contribution < 1.29 is 0 Å². The van der Waals surface area contributed by atoms with Crippen molar-refractivity contribution in [1.82, 2.24) is 5.32 Å². The molecule has 1 heterocycles. The van der Waals surface area contributed by atoms with Crippen LogP contribution in [0.5, 0.6) is 0 Å². The van der Waals surface area contributed by atoms with Crippen LogP contribution in [0, 0.1) is 0 Å². The van der Waals surface area contributed by atoms with E-state index < -0.39 is 0 Å². The van der Waals surface area contributed by atoms with Gasteiger partial charge in [0.1, 0.15) is 4.32 Å². The van der Waals surface area contributed by atoms with Gasteiger partial charge in [-0.05, 0) is 0 Å². The molecule has 0 unspecified atom stereocenters. The van der Waals surface area contributed by atoms with Crippen LogP contribution in [0.4, 0.5) is 0 Å². The number of thiocarbonyl (C=S) groups is 1. The first-order valence-corrected chi connectivity index (χ1v) is 5.19. The highest BCUT2D eigenvalue weighted by atomic mass is 32.2. The summed E-state index contributed by atoms with van der Waals surface area (Å²) < 4.78 is 0.954. The Bertz CT molecular complexity index is 189. The van der Waals surface area contributed by atoms with E-state index in [0.717, 1.165) is 16.6 Å². The molecule has 3 heteroatoms. The van der Waals surface area contributed by atoms with Crippen LogP contribution < -0.4 is 5.32 Å². The van der Waals surface area contributed by atoms with E-state index in [1.807, 2.05) is 36.4 Å². The summed E-state index contributed by atoms with van der Waals surface area (Å²) in [6.45, 7) is 1.06. The normalized spacial score (nSPS) is 14.5. The summed E-state index contributed by atoms with van der Waals surface area (Å²) in [7, 11) is 0. The molecule has 0 aromatic heterocycles. The molecule has 1 aliphatic heterocycles. The molecule has 1 saturated heterocycles. The van der Waals surface area contributed by atoms with Crippen molar-refractivity contribution in [3.05, 3.63) is 36.4 Å². The summed E-state index contributed by atoms with van der Waals surface area (Å²) in [5.41, 5.74) is 0. The minimum Gasteiger partial charge on any atom is -0.370 e. The van der Waals surface area contributed by atoms with E-state index >= 15 is 0 Å². The van der Waals surface area contributed by atoms with E-state index in [4.69, 9.17) is 12.2 Å². The molecule has 2 rings (SSSR count). The van der Waals surface area contributed by atoms with Crippen LogP contribution in [0.1, 0.15) is 0 Å². The summed E-state index contributed by atoms with van der Waals surface area (Å²) in [6.07, 6.45) is 0. The molecule has 12 heavy (non-hydrogen) atoms. The second-order valence-electron chi connectivity index (χ2n) is 2.22. The first-order valence-electron chi connectivity index (χ1n) is 3.80. The predicted octanol–water partition coefficient (Wildman–Crippen LogP) is 2.29. The Kier molecular flexibility index (Phi) is 4.80. The molecule has 1 aliphatic rings. The van der Waals surface area contributed by atoms with Crippen LogP contribution >= 0.6 is 24.0 Å². The lowest BCUT2D eigenvalue weighted by atomic mass is 10.4. The third-order valence-corrected chi connectivity index (χ3v) is 2.58. The van der Waals surface area contributed by atoms with Crippen molar-refractivity contribution in [1.29, 1.82) is 0 Å². The molecule has 0 spiro atoms. The van der Waals surface area contributed by atoms with Crippen molar-refractivity contribution in [2.24, 2.45) is 0 Å². The molecule has 0 bridgehead atoms. The second kappa shape index (κ2) is 6.03. The van der Waals surface area contributed by atoms with Gasteiger partial charge < -0.3 is 5.32 Å². The van der Waals surface area contributed by atoms with Crippen LogP contribution in [0.2, 0.25) is 0 Å². The zero-order chi connectivity index (χ0) is 8.65. The fourth-order valence-electron chi connectivity index (χ4n) is 0.733. The zero-order valence-corrected chi connectivity index (χ0v) is 8.33. The quantitative estimate of drug-likeness (QED) is 0.641. The number of hydrogen-bond donors (Lipinski definition) is 1. The van der Waals surface area contributed by atoms with Gasteiger partial charge in [0.2, 0.25) is 0 Å². The van der Waals surface area contributed by atoms with E-state index in [2.05, 4.69) is 5.32 Å². The van der Waals surface area contributed by atoms with Crippen molar-refractivity contribution in [2.45, 2.75) is 0 Å². The van der Waals surface area contributed by atoms with Crippen LogP contribution in [-0.2, 0) is 0 Å². The van der Waals surface area contributed by atoms with Crippen LogP contribution in [0.15, 0.2) is 36.4 Å². The Hall–Kier alpha value is -0.540. The molecule has 1 nitrogen and oxygen atoms in total. The van der Waals surface area contributed by atoms with Crippen LogP contribution in [0.25, 0.3) is 0 Å². The average molecular weight is 197 g/mol. The third-order valence-electron chi connectivity index (χ3n) is 1.27. The lowest BCUT2D eigenvalue weighted by molar-refractivity contribution is 1.03. The summed E-state index contributed by atoms with van der Waals surface area (Å²) in [5, 5.41) is 3.01. The molecule has 1 aromatic rings. The van der Waals surface area contributed by atoms with E-state index in [9.17, 15) is 0 Å². The Morgan fingerprint density at radius 1 is 1.08 bits per heavy atom. The van der Waals surface area contributed by atoms with Crippen molar-refractivity contribution in [3.8, 4) is 0 Å². The predicted molar refractivity (Wildman–Crippen MR) is 59.5 cm³/mol. The van der Waals surface area contributed by atoms with Gasteiger partial charge in [-0.25, -0.2) is 0 Å². The van der Waals surface area contributed by atoms with Gasteiger partial charge in [-0.15, -0.1) is 0 Å². The highest BCUT2D eigenvalue weighted by Gasteiger charge is 2.01. The number of nitrogens with one attached hydrogen (secondary N) is 1. The highest BCUT2D eigenvalue weighted by molar-refractivity contribution is 8.23. The maximum Gasteiger partial charge on any atom is 0.133 e. The van der Waals surface area contributed by atoms with Gasteiger partial charge in [-0.3, -0.25) is 0 Å². The minimum atomic E-state index is 0.954. The number of hydrogen-bond acceptors (Lipinski definition) is 2. The Morgan fingerprint density at radius 2 is 1.58 bits per heavy atom. The molecule has 1 N–H and O–H groups in total. The summed E-state index contributed by atoms with van der Waals surface area (Å²) in [6, 6.07) is 12.0. The maximum atomic E-state index is 4.77. The monoisotopic (exact) mass is 197 g/mol. The fraction of sp³-hybridized carbons (Fsp3) is 0.222. The molecule has 1 aromatic carbocycles. The fourth-order valence-corrected chi connectivity index (χ4v) is 1.68. The van der Waals surface area contributed by atoms with Crippen molar-refractivity contribution in [3.63, 3.8) is 0 Å². The second-order valence-corrected chi connectivity index (χ2v) is 3.99. The number of benzene rings is 1. The molecular weight excluding hydrogens is 186 g/mol. The lowest BCUT2D eigenvalue weighted by Gasteiger charge is -1.82. The molecule has 1 fully saturated rings. The summed E-state index contributed by atoms with van der Waals surface area (Å²) in [4.78, 5) is 0. The van der Waals surface area contributed by atoms with Crippen LogP contribution in [-0.4, -0.2) is 16.6 Å². The summed E-state index contributed by atoms with van der Waals surface area (Å²) in [5.74, 6) is 1.15. The first kappa shape index (κ1) is 9.55. The minimum absolute atomic E-state index is 0.954. The number of rotatable bonds is 0. The molecule has 0 atom stereocenters. The zero-order valence-electron chi connectivity index (χ0n) is 6.69.